The molecule has 0 spiro atoms. The maximum absolute atomic E-state index is 9.09. The lowest BCUT2D eigenvalue weighted by molar-refractivity contribution is 0.425. The van der Waals surface area contributed by atoms with E-state index in [0.717, 1.165) is 0 Å². The lowest BCUT2D eigenvalue weighted by Crippen LogP contribution is -2.29. The first-order valence-electron chi connectivity index (χ1n) is 7.27. The van der Waals surface area contributed by atoms with Crippen molar-refractivity contribution in [3.63, 3.8) is 0 Å². The zero-order chi connectivity index (χ0) is 16.9. The third-order valence-electron chi connectivity index (χ3n) is 3.27. The first kappa shape index (κ1) is 16.4. The molecule has 0 heterocycles. The number of ether oxygens (including phenoxy) is 2. The minimum atomic E-state index is -1.49. The van der Waals surface area contributed by atoms with Crippen molar-refractivity contribution in [2.75, 3.05) is 0 Å². The van der Waals surface area contributed by atoms with Crippen LogP contribution in [0.3, 0.4) is 0 Å². The molecule has 0 amide bonds. The second-order valence-electron chi connectivity index (χ2n) is 5.08. The predicted octanol–water partition coefficient (Wildman–Crippen LogP) is 3.60. The van der Waals surface area contributed by atoms with Crippen molar-refractivity contribution in [3.05, 3.63) is 77.8 Å². The Morgan fingerprint density at radius 3 is 1.67 bits per heavy atom. The standard InChI is InChI=1S/C18H14BClO4/c20-14-6-10-16(11-7-14)24-18-3-1-2-17(12-18)23-15-8-4-13(5-9-15)19(21)22/h1-12,21-22H. The second-order valence-corrected chi connectivity index (χ2v) is 5.51. The summed E-state index contributed by atoms with van der Waals surface area (Å²) in [6, 6.07) is 20.8. The Morgan fingerprint density at radius 1 is 0.667 bits per heavy atom. The van der Waals surface area contributed by atoms with Gasteiger partial charge in [0.2, 0.25) is 0 Å². The van der Waals surface area contributed by atoms with E-state index < -0.39 is 7.12 Å². The molecule has 3 rings (SSSR count). The smallest absolute Gasteiger partial charge is 0.457 e. The van der Waals surface area contributed by atoms with Crippen molar-refractivity contribution in [3.8, 4) is 23.0 Å². The highest BCUT2D eigenvalue weighted by Crippen LogP contribution is 2.28. The molecule has 0 aromatic heterocycles. The van der Waals surface area contributed by atoms with E-state index >= 15 is 0 Å². The number of rotatable bonds is 5. The fraction of sp³-hybridized carbons (Fsp3) is 0. The minimum Gasteiger partial charge on any atom is -0.457 e. The van der Waals surface area contributed by atoms with Gasteiger partial charge in [0.1, 0.15) is 23.0 Å². The molecule has 0 radical (unpaired) electrons. The molecule has 0 aliphatic rings. The third kappa shape index (κ3) is 4.29. The molecule has 120 valence electrons. The van der Waals surface area contributed by atoms with Gasteiger partial charge in [-0.1, -0.05) is 29.8 Å². The molecule has 3 aromatic carbocycles. The Bertz CT molecular complexity index is 804. The van der Waals surface area contributed by atoms with Crippen LogP contribution in [0.1, 0.15) is 0 Å². The zero-order valence-electron chi connectivity index (χ0n) is 12.6. The molecule has 0 unspecified atom stereocenters. The zero-order valence-corrected chi connectivity index (χ0v) is 13.4. The minimum absolute atomic E-state index is 0.405. The van der Waals surface area contributed by atoms with Crippen LogP contribution < -0.4 is 14.9 Å². The molecule has 0 aliphatic heterocycles. The molecule has 0 saturated heterocycles. The summed E-state index contributed by atoms with van der Waals surface area (Å²) in [5, 5.41) is 18.8. The van der Waals surface area contributed by atoms with Crippen molar-refractivity contribution in [1.82, 2.24) is 0 Å². The summed E-state index contributed by atoms with van der Waals surface area (Å²) in [6.45, 7) is 0. The van der Waals surface area contributed by atoms with Crippen molar-refractivity contribution in [2.24, 2.45) is 0 Å². The average Bonchev–Trinajstić information content (AvgIpc) is 2.58. The summed E-state index contributed by atoms with van der Waals surface area (Å²) < 4.78 is 11.5. The summed E-state index contributed by atoms with van der Waals surface area (Å²) in [7, 11) is -1.49. The Morgan fingerprint density at radius 2 is 1.17 bits per heavy atom. The van der Waals surface area contributed by atoms with Crippen LogP contribution >= 0.6 is 11.6 Å². The fourth-order valence-corrected chi connectivity index (χ4v) is 2.21. The number of benzene rings is 3. The van der Waals surface area contributed by atoms with Gasteiger partial charge in [0.05, 0.1) is 0 Å². The van der Waals surface area contributed by atoms with Crippen LogP contribution in [0.25, 0.3) is 0 Å². The van der Waals surface area contributed by atoms with E-state index in [2.05, 4.69) is 0 Å². The van der Waals surface area contributed by atoms with Crippen molar-refractivity contribution < 1.29 is 19.5 Å². The van der Waals surface area contributed by atoms with Gasteiger partial charge in [-0.2, -0.15) is 0 Å². The van der Waals surface area contributed by atoms with Gasteiger partial charge in [0.15, 0.2) is 0 Å². The lowest BCUT2D eigenvalue weighted by atomic mass is 9.80. The Labute approximate surface area is 145 Å². The molecular formula is C18H14BClO4. The summed E-state index contributed by atoms with van der Waals surface area (Å²) in [5.74, 6) is 2.51. The monoisotopic (exact) mass is 340 g/mol. The highest BCUT2D eigenvalue weighted by atomic mass is 35.5. The summed E-state index contributed by atoms with van der Waals surface area (Å²) in [5.41, 5.74) is 0.405. The van der Waals surface area contributed by atoms with Crippen LogP contribution in [0.2, 0.25) is 5.02 Å². The van der Waals surface area contributed by atoms with Gasteiger partial charge in [-0.15, -0.1) is 0 Å². The van der Waals surface area contributed by atoms with Crippen LogP contribution in [0.5, 0.6) is 23.0 Å². The van der Waals surface area contributed by atoms with Crippen molar-refractivity contribution in [2.45, 2.75) is 0 Å². The molecule has 0 atom stereocenters. The predicted molar refractivity (Wildman–Crippen MR) is 94.3 cm³/mol. The van der Waals surface area contributed by atoms with Crippen LogP contribution in [-0.2, 0) is 0 Å². The molecular weight excluding hydrogens is 326 g/mol. The van der Waals surface area contributed by atoms with Crippen LogP contribution in [0.15, 0.2) is 72.8 Å². The molecule has 2 N–H and O–H groups in total. The van der Waals surface area contributed by atoms with Gasteiger partial charge in [0.25, 0.3) is 0 Å². The van der Waals surface area contributed by atoms with Crippen LogP contribution in [-0.4, -0.2) is 17.2 Å². The summed E-state index contributed by atoms with van der Waals surface area (Å²) in [6.07, 6.45) is 0. The van der Waals surface area contributed by atoms with E-state index in [1.54, 1.807) is 54.6 Å². The maximum Gasteiger partial charge on any atom is 0.488 e. The Hall–Kier alpha value is -2.47. The van der Waals surface area contributed by atoms with Gasteiger partial charge in [-0.3, -0.25) is 0 Å². The van der Waals surface area contributed by atoms with Gasteiger partial charge in [-0.05, 0) is 54.0 Å². The highest BCUT2D eigenvalue weighted by Gasteiger charge is 2.10. The number of hydrogen-bond donors (Lipinski definition) is 2. The van der Waals surface area contributed by atoms with Gasteiger partial charge in [-0.25, -0.2) is 0 Å². The highest BCUT2D eigenvalue weighted by molar-refractivity contribution is 6.58. The molecule has 24 heavy (non-hydrogen) atoms. The fourth-order valence-electron chi connectivity index (χ4n) is 2.08. The molecule has 0 saturated carbocycles. The van der Waals surface area contributed by atoms with Crippen molar-refractivity contribution in [1.29, 1.82) is 0 Å². The van der Waals surface area contributed by atoms with E-state index in [1.807, 2.05) is 18.2 Å². The maximum atomic E-state index is 9.09. The molecule has 4 nitrogen and oxygen atoms in total. The molecule has 0 aliphatic carbocycles. The topological polar surface area (TPSA) is 58.9 Å². The Kier molecular flexibility index (Phi) is 5.06. The molecule has 3 aromatic rings. The van der Waals surface area contributed by atoms with Gasteiger partial charge >= 0.3 is 7.12 Å². The first-order valence-corrected chi connectivity index (χ1v) is 7.65. The third-order valence-corrected chi connectivity index (χ3v) is 3.52. The van der Waals surface area contributed by atoms with Gasteiger partial charge in [0, 0.05) is 11.1 Å². The van der Waals surface area contributed by atoms with E-state index in [9.17, 15) is 0 Å². The SMILES string of the molecule is OB(O)c1ccc(Oc2cccc(Oc3ccc(Cl)cc3)c2)cc1. The second kappa shape index (κ2) is 7.40. The average molecular weight is 341 g/mol. The van der Waals surface area contributed by atoms with Crippen LogP contribution in [0.4, 0.5) is 0 Å². The van der Waals surface area contributed by atoms with Crippen LogP contribution in [0, 0.1) is 0 Å². The molecule has 6 heteroatoms. The molecule has 0 fully saturated rings. The molecule has 0 bridgehead atoms. The first-order chi connectivity index (χ1) is 11.6. The Balaban J connectivity index is 1.71. The normalized spacial score (nSPS) is 10.3. The number of halogens is 1. The van der Waals surface area contributed by atoms with Gasteiger partial charge < -0.3 is 19.5 Å². The van der Waals surface area contributed by atoms with E-state index in [-0.39, 0.29) is 0 Å². The quantitative estimate of drug-likeness (QED) is 0.697. The summed E-state index contributed by atoms with van der Waals surface area (Å²) >= 11 is 5.85. The van der Waals surface area contributed by atoms with E-state index in [4.69, 9.17) is 31.1 Å². The van der Waals surface area contributed by atoms with Crippen molar-refractivity contribution >= 4 is 24.2 Å². The number of hydrogen-bond acceptors (Lipinski definition) is 4. The van der Waals surface area contributed by atoms with E-state index in [1.165, 1.54) is 0 Å². The summed E-state index contributed by atoms with van der Waals surface area (Å²) in [4.78, 5) is 0. The van der Waals surface area contributed by atoms with E-state index in [0.29, 0.717) is 33.5 Å². The largest absolute Gasteiger partial charge is 0.488 e. The lowest BCUT2D eigenvalue weighted by Gasteiger charge is -2.09.